The standard InChI is InChI=1S/C17H20O3/c1-13(18)10-15-8-9-16(19-2)17(11-15)20-12-14-6-4-3-5-7-14/h3-9,11,13,18H,10,12H2,1-2H3. The highest BCUT2D eigenvalue weighted by Crippen LogP contribution is 2.29. The van der Waals surface area contributed by atoms with E-state index in [0.29, 0.717) is 24.5 Å². The molecule has 0 aliphatic carbocycles. The van der Waals surface area contributed by atoms with Crippen molar-refractivity contribution < 1.29 is 14.6 Å². The third-order valence-corrected chi connectivity index (χ3v) is 3.00. The predicted molar refractivity (Wildman–Crippen MR) is 79.2 cm³/mol. The van der Waals surface area contributed by atoms with Crippen molar-refractivity contribution in [1.29, 1.82) is 0 Å². The lowest BCUT2D eigenvalue weighted by atomic mass is 10.1. The van der Waals surface area contributed by atoms with E-state index in [9.17, 15) is 5.11 Å². The molecule has 0 saturated carbocycles. The zero-order chi connectivity index (χ0) is 14.4. The molecule has 0 fully saturated rings. The summed E-state index contributed by atoms with van der Waals surface area (Å²) in [5.41, 5.74) is 2.14. The number of aliphatic hydroxyl groups is 1. The first kappa shape index (κ1) is 14.4. The van der Waals surface area contributed by atoms with Gasteiger partial charge in [0.25, 0.3) is 0 Å². The van der Waals surface area contributed by atoms with Gasteiger partial charge in [0.1, 0.15) is 6.61 Å². The molecule has 0 spiro atoms. The summed E-state index contributed by atoms with van der Waals surface area (Å²) >= 11 is 0. The summed E-state index contributed by atoms with van der Waals surface area (Å²) in [7, 11) is 1.62. The molecular formula is C17H20O3. The summed E-state index contributed by atoms with van der Waals surface area (Å²) in [6.07, 6.45) is 0.233. The fourth-order valence-corrected chi connectivity index (χ4v) is 2.04. The van der Waals surface area contributed by atoms with Crippen LogP contribution >= 0.6 is 0 Å². The number of hydrogen-bond donors (Lipinski definition) is 1. The SMILES string of the molecule is COc1ccc(CC(C)O)cc1OCc1ccccc1. The Morgan fingerprint density at radius 1 is 1.00 bits per heavy atom. The Bertz CT molecular complexity index is 535. The summed E-state index contributed by atoms with van der Waals surface area (Å²) in [6, 6.07) is 15.7. The molecule has 0 aromatic heterocycles. The van der Waals surface area contributed by atoms with Crippen LogP contribution in [0.1, 0.15) is 18.1 Å². The van der Waals surface area contributed by atoms with E-state index in [4.69, 9.17) is 9.47 Å². The van der Waals surface area contributed by atoms with Crippen LogP contribution < -0.4 is 9.47 Å². The molecule has 0 bridgehead atoms. The van der Waals surface area contributed by atoms with Gasteiger partial charge in [-0.15, -0.1) is 0 Å². The Labute approximate surface area is 119 Å². The summed E-state index contributed by atoms with van der Waals surface area (Å²) in [5, 5.41) is 9.46. The summed E-state index contributed by atoms with van der Waals surface area (Å²) in [6.45, 7) is 2.27. The minimum absolute atomic E-state index is 0.370. The molecule has 0 heterocycles. The second-order valence-corrected chi connectivity index (χ2v) is 4.81. The lowest BCUT2D eigenvalue weighted by Gasteiger charge is -2.13. The van der Waals surface area contributed by atoms with E-state index in [2.05, 4.69) is 0 Å². The minimum atomic E-state index is -0.370. The molecular weight excluding hydrogens is 252 g/mol. The van der Waals surface area contributed by atoms with Gasteiger partial charge >= 0.3 is 0 Å². The van der Waals surface area contributed by atoms with Gasteiger partial charge in [0.15, 0.2) is 11.5 Å². The predicted octanol–water partition coefficient (Wildman–Crippen LogP) is 3.20. The lowest BCUT2D eigenvalue weighted by Crippen LogP contribution is -2.05. The van der Waals surface area contributed by atoms with Gasteiger partial charge < -0.3 is 14.6 Å². The average molecular weight is 272 g/mol. The average Bonchev–Trinajstić information content (AvgIpc) is 2.46. The van der Waals surface area contributed by atoms with Crippen LogP contribution in [0.15, 0.2) is 48.5 Å². The second kappa shape index (κ2) is 6.96. The van der Waals surface area contributed by atoms with Crippen molar-refractivity contribution >= 4 is 0 Å². The van der Waals surface area contributed by atoms with Crippen LogP contribution in [-0.2, 0) is 13.0 Å². The molecule has 2 aromatic carbocycles. The third-order valence-electron chi connectivity index (χ3n) is 3.00. The first-order valence-corrected chi connectivity index (χ1v) is 6.70. The van der Waals surface area contributed by atoms with E-state index >= 15 is 0 Å². The molecule has 0 saturated heterocycles. The Morgan fingerprint density at radius 3 is 2.40 bits per heavy atom. The highest BCUT2D eigenvalue weighted by molar-refractivity contribution is 5.43. The minimum Gasteiger partial charge on any atom is -0.493 e. The van der Waals surface area contributed by atoms with E-state index < -0.39 is 0 Å². The maximum Gasteiger partial charge on any atom is 0.161 e. The number of ether oxygens (including phenoxy) is 2. The number of rotatable bonds is 6. The monoisotopic (exact) mass is 272 g/mol. The van der Waals surface area contributed by atoms with Gasteiger partial charge in [-0.05, 0) is 36.6 Å². The van der Waals surface area contributed by atoms with E-state index in [1.165, 1.54) is 0 Å². The molecule has 106 valence electrons. The highest BCUT2D eigenvalue weighted by Gasteiger charge is 2.08. The fourth-order valence-electron chi connectivity index (χ4n) is 2.04. The molecule has 3 nitrogen and oxygen atoms in total. The first-order chi connectivity index (χ1) is 9.69. The topological polar surface area (TPSA) is 38.7 Å². The van der Waals surface area contributed by atoms with Crippen LogP contribution in [0.25, 0.3) is 0 Å². The molecule has 0 amide bonds. The maximum atomic E-state index is 9.46. The van der Waals surface area contributed by atoms with Crippen molar-refractivity contribution in [2.24, 2.45) is 0 Å². The molecule has 3 heteroatoms. The molecule has 1 atom stereocenters. The van der Waals surface area contributed by atoms with Crippen molar-refractivity contribution in [2.75, 3.05) is 7.11 Å². The van der Waals surface area contributed by atoms with Crippen molar-refractivity contribution in [3.05, 3.63) is 59.7 Å². The molecule has 0 aliphatic heterocycles. The molecule has 0 aliphatic rings. The maximum absolute atomic E-state index is 9.46. The molecule has 2 aromatic rings. The van der Waals surface area contributed by atoms with Crippen LogP contribution in [0.4, 0.5) is 0 Å². The summed E-state index contributed by atoms with van der Waals surface area (Å²) in [4.78, 5) is 0. The van der Waals surface area contributed by atoms with E-state index in [0.717, 1.165) is 11.1 Å². The van der Waals surface area contributed by atoms with Crippen LogP contribution in [-0.4, -0.2) is 18.3 Å². The fraction of sp³-hybridized carbons (Fsp3) is 0.294. The number of methoxy groups -OCH3 is 1. The smallest absolute Gasteiger partial charge is 0.161 e. The van der Waals surface area contributed by atoms with Gasteiger partial charge in [-0.25, -0.2) is 0 Å². The van der Waals surface area contributed by atoms with Crippen LogP contribution in [0.2, 0.25) is 0 Å². The van der Waals surface area contributed by atoms with Crippen molar-refractivity contribution in [2.45, 2.75) is 26.1 Å². The van der Waals surface area contributed by atoms with E-state index in [-0.39, 0.29) is 6.10 Å². The molecule has 20 heavy (non-hydrogen) atoms. The quantitative estimate of drug-likeness (QED) is 0.877. The van der Waals surface area contributed by atoms with E-state index in [1.807, 2.05) is 48.5 Å². The highest BCUT2D eigenvalue weighted by atomic mass is 16.5. The van der Waals surface area contributed by atoms with Crippen molar-refractivity contribution in [3.8, 4) is 11.5 Å². The largest absolute Gasteiger partial charge is 0.493 e. The molecule has 2 rings (SSSR count). The number of hydrogen-bond acceptors (Lipinski definition) is 3. The van der Waals surface area contributed by atoms with Crippen LogP contribution in [0.3, 0.4) is 0 Å². The van der Waals surface area contributed by atoms with Gasteiger partial charge in [0.05, 0.1) is 13.2 Å². The van der Waals surface area contributed by atoms with Crippen LogP contribution in [0.5, 0.6) is 11.5 Å². The Balaban J connectivity index is 2.12. The zero-order valence-corrected chi connectivity index (χ0v) is 11.9. The summed E-state index contributed by atoms with van der Waals surface area (Å²) in [5.74, 6) is 1.41. The normalized spacial score (nSPS) is 11.9. The van der Waals surface area contributed by atoms with Gasteiger partial charge in [0.2, 0.25) is 0 Å². The van der Waals surface area contributed by atoms with Crippen LogP contribution in [0, 0.1) is 0 Å². The van der Waals surface area contributed by atoms with Crippen molar-refractivity contribution in [1.82, 2.24) is 0 Å². The Kier molecular flexibility index (Phi) is 5.02. The third kappa shape index (κ3) is 4.00. The second-order valence-electron chi connectivity index (χ2n) is 4.81. The van der Waals surface area contributed by atoms with Gasteiger partial charge in [-0.2, -0.15) is 0 Å². The summed E-state index contributed by atoms with van der Waals surface area (Å²) < 4.78 is 11.1. The Hall–Kier alpha value is -2.00. The zero-order valence-electron chi connectivity index (χ0n) is 11.9. The van der Waals surface area contributed by atoms with E-state index in [1.54, 1.807) is 14.0 Å². The van der Waals surface area contributed by atoms with Gasteiger partial charge in [-0.3, -0.25) is 0 Å². The number of benzene rings is 2. The van der Waals surface area contributed by atoms with Gasteiger partial charge in [-0.1, -0.05) is 36.4 Å². The molecule has 1 N–H and O–H groups in total. The molecule has 1 unspecified atom stereocenters. The molecule has 0 radical (unpaired) electrons. The Morgan fingerprint density at radius 2 is 1.75 bits per heavy atom. The lowest BCUT2D eigenvalue weighted by molar-refractivity contribution is 0.195. The number of aliphatic hydroxyl groups excluding tert-OH is 1. The van der Waals surface area contributed by atoms with Gasteiger partial charge in [0, 0.05) is 0 Å². The van der Waals surface area contributed by atoms with Crippen molar-refractivity contribution in [3.63, 3.8) is 0 Å². The first-order valence-electron chi connectivity index (χ1n) is 6.70.